The predicted molar refractivity (Wildman–Crippen MR) is 119 cm³/mol. The number of aliphatic hydroxyl groups excluding tert-OH is 2. The minimum absolute atomic E-state index is 0.0217. The SMILES string of the molecule is Cn1cc2cc(Oc3ccc(C(F)(F)F)cc3)cc([C@@H]3C[C@H]3C(=O)N3CC4CC3[C@H](O)[C@H]4O)c2n1. The highest BCUT2D eigenvalue weighted by atomic mass is 19.4. The van der Waals surface area contributed by atoms with Gasteiger partial charge in [0.25, 0.3) is 0 Å². The fraction of sp³-hybridized carbons (Fsp3) is 0.440. The van der Waals surface area contributed by atoms with Crippen molar-refractivity contribution >= 4 is 16.8 Å². The van der Waals surface area contributed by atoms with Crippen LogP contribution in [-0.2, 0) is 18.0 Å². The highest BCUT2D eigenvalue weighted by molar-refractivity contribution is 5.88. The number of fused-ring (bicyclic) bond motifs is 3. The second-order valence-corrected chi connectivity index (χ2v) is 9.86. The maximum absolute atomic E-state index is 13.2. The lowest BCUT2D eigenvalue weighted by Gasteiger charge is -2.33. The summed E-state index contributed by atoms with van der Waals surface area (Å²) in [4.78, 5) is 15.0. The zero-order chi connectivity index (χ0) is 24.6. The lowest BCUT2D eigenvalue weighted by Crippen LogP contribution is -2.51. The van der Waals surface area contributed by atoms with Crippen LogP contribution in [0.25, 0.3) is 10.9 Å². The molecule has 3 aromatic rings. The van der Waals surface area contributed by atoms with Gasteiger partial charge >= 0.3 is 6.18 Å². The van der Waals surface area contributed by atoms with Gasteiger partial charge in [-0.2, -0.15) is 18.3 Å². The van der Waals surface area contributed by atoms with Gasteiger partial charge in [-0.25, -0.2) is 0 Å². The number of carbonyl (C=O) groups excluding carboxylic acids is 1. The average Bonchev–Trinajstić information content (AvgIpc) is 3.19. The largest absolute Gasteiger partial charge is 0.457 e. The Kier molecular flexibility index (Phi) is 4.92. The Balaban J connectivity index is 1.25. The summed E-state index contributed by atoms with van der Waals surface area (Å²) in [6, 6.07) is 7.75. The molecule has 35 heavy (non-hydrogen) atoms. The number of ether oxygens (including phenoxy) is 1. The van der Waals surface area contributed by atoms with Crippen molar-refractivity contribution in [2.24, 2.45) is 18.9 Å². The first-order valence-corrected chi connectivity index (χ1v) is 11.6. The Labute approximate surface area is 198 Å². The normalized spacial score (nSPS) is 29.7. The molecule has 1 aromatic heterocycles. The van der Waals surface area contributed by atoms with E-state index in [1.165, 1.54) is 12.1 Å². The summed E-state index contributed by atoms with van der Waals surface area (Å²) in [6.07, 6.45) is -3.01. The van der Waals surface area contributed by atoms with Crippen LogP contribution in [0.4, 0.5) is 13.2 Å². The Morgan fingerprint density at radius 2 is 1.83 bits per heavy atom. The summed E-state index contributed by atoms with van der Waals surface area (Å²) in [5.41, 5.74) is 0.861. The number of aromatic nitrogens is 2. The first-order chi connectivity index (χ1) is 16.6. The molecule has 3 aliphatic rings. The van der Waals surface area contributed by atoms with Crippen molar-refractivity contribution in [3.63, 3.8) is 0 Å². The van der Waals surface area contributed by atoms with Gasteiger partial charge in [-0.3, -0.25) is 9.48 Å². The maximum atomic E-state index is 13.2. The van der Waals surface area contributed by atoms with Gasteiger partial charge in [0, 0.05) is 37.0 Å². The van der Waals surface area contributed by atoms with E-state index in [1.54, 1.807) is 28.8 Å². The number of carbonyl (C=O) groups is 1. The predicted octanol–water partition coefficient (Wildman–Crippen LogP) is 3.44. The number of amides is 1. The molecule has 0 radical (unpaired) electrons. The van der Waals surface area contributed by atoms with Gasteiger partial charge in [-0.05, 0) is 60.7 Å². The fourth-order valence-electron chi connectivity index (χ4n) is 5.70. The lowest BCUT2D eigenvalue weighted by molar-refractivity contribution is -0.140. The number of aliphatic hydroxyl groups is 2. The lowest BCUT2D eigenvalue weighted by atomic mass is 10.0. The number of rotatable bonds is 4. The fourth-order valence-corrected chi connectivity index (χ4v) is 5.70. The van der Waals surface area contributed by atoms with E-state index < -0.39 is 23.9 Å². The van der Waals surface area contributed by atoms with E-state index in [0.29, 0.717) is 25.1 Å². The Morgan fingerprint density at radius 1 is 1.09 bits per heavy atom. The molecule has 2 aromatic carbocycles. The molecule has 184 valence electrons. The smallest absolute Gasteiger partial charge is 0.416 e. The van der Waals surface area contributed by atoms with Crippen LogP contribution in [0.1, 0.15) is 29.9 Å². The highest BCUT2D eigenvalue weighted by Crippen LogP contribution is 2.53. The molecule has 1 saturated heterocycles. The molecule has 3 fully saturated rings. The molecule has 1 amide bonds. The first kappa shape index (κ1) is 22.4. The first-order valence-electron chi connectivity index (χ1n) is 11.6. The van der Waals surface area contributed by atoms with Crippen molar-refractivity contribution in [3.05, 3.63) is 53.7 Å². The monoisotopic (exact) mass is 487 g/mol. The van der Waals surface area contributed by atoms with E-state index >= 15 is 0 Å². The molecule has 10 heteroatoms. The van der Waals surface area contributed by atoms with Crippen LogP contribution in [0.5, 0.6) is 11.5 Å². The van der Waals surface area contributed by atoms with Crippen molar-refractivity contribution in [1.29, 1.82) is 0 Å². The molecular formula is C25H24F3N3O4. The molecule has 2 heterocycles. The van der Waals surface area contributed by atoms with Crippen LogP contribution in [0.3, 0.4) is 0 Å². The summed E-state index contributed by atoms with van der Waals surface area (Å²) in [6.45, 7) is 0.459. The van der Waals surface area contributed by atoms with Crippen LogP contribution in [-0.4, -0.2) is 55.6 Å². The number of aryl methyl sites for hydroxylation is 1. The van der Waals surface area contributed by atoms with Gasteiger partial charge in [0.1, 0.15) is 17.6 Å². The minimum atomic E-state index is -4.42. The number of likely N-dealkylation sites (tertiary alicyclic amines) is 1. The van der Waals surface area contributed by atoms with Crippen molar-refractivity contribution in [3.8, 4) is 11.5 Å². The summed E-state index contributed by atoms with van der Waals surface area (Å²) < 4.78 is 46.2. The number of piperidine rings is 1. The number of hydrogen-bond acceptors (Lipinski definition) is 5. The molecule has 7 nitrogen and oxygen atoms in total. The van der Waals surface area contributed by atoms with Gasteiger partial charge in [0.05, 0.1) is 23.2 Å². The van der Waals surface area contributed by atoms with Crippen molar-refractivity contribution in [1.82, 2.24) is 14.7 Å². The van der Waals surface area contributed by atoms with Crippen LogP contribution in [0.15, 0.2) is 42.6 Å². The van der Waals surface area contributed by atoms with Gasteiger partial charge in [0.15, 0.2) is 0 Å². The van der Waals surface area contributed by atoms with Crippen LogP contribution in [0.2, 0.25) is 0 Å². The number of hydrogen-bond donors (Lipinski definition) is 2. The van der Waals surface area contributed by atoms with Crippen LogP contribution in [0, 0.1) is 11.8 Å². The summed E-state index contributed by atoms with van der Waals surface area (Å²) in [7, 11) is 1.80. The quantitative estimate of drug-likeness (QED) is 0.589. The molecule has 2 bridgehead atoms. The average molecular weight is 487 g/mol. The van der Waals surface area contributed by atoms with E-state index in [9.17, 15) is 28.2 Å². The van der Waals surface area contributed by atoms with E-state index in [0.717, 1.165) is 28.6 Å². The van der Waals surface area contributed by atoms with Crippen LogP contribution >= 0.6 is 0 Å². The van der Waals surface area contributed by atoms with E-state index in [-0.39, 0.29) is 35.5 Å². The van der Waals surface area contributed by atoms with Gasteiger partial charge in [-0.1, -0.05) is 0 Å². The Bertz CT molecular complexity index is 1300. The highest BCUT2D eigenvalue weighted by Gasteiger charge is 2.56. The third kappa shape index (κ3) is 3.75. The molecule has 0 spiro atoms. The van der Waals surface area contributed by atoms with E-state index in [2.05, 4.69) is 5.10 Å². The van der Waals surface area contributed by atoms with Crippen molar-refractivity contribution < 1.29 is 32.9 Å². The molecule has 2 saturated carbocycles. The third-order valence-electron chi connectivity index (χ3n) is 7.54. The number of nitrogens with zero attached hydrogens (tertiary/aromatic N) is 3. The summed E-state index contributed by atoms with van der Waals surface area (Å²) in [5.74, 6) is 0.307. The molecule has 2 unspecified atom stereocenters. The molecule has 6 rings (SSSR count). The zero-order valence-electron chi connectivity index (χ0n) is 18.8. The molecule has 1 aliphatic heterocycles. The minimum Gasteiger partial charge on any atom is -0.457 e. The third-order valence-corrected chi connectivity index (χ3v) is 7.54. The Hall–Kier alpha value is -3.11. The molecular weight excluding hydrogens is 463 g/mol. The molecule has 2 aliphatic carbocycles. The standard InChI is InChI=1S/C25H24F3N3O4/c1-30-10-12-6-16(35-15-4-2-14(3-5-15)25(26,27)28)8-18(21(12)29-30)17-9-19(17)24(34)31-11-13-7-20(31)23(33)22(13)32/h2-6,8,10,13,17,19-20,22-23,32-33H,7,9,11H2,1H3/t13?,17-,19+,20?,22-,23-/m0/s1. The van der Waals surface area contributed by atoms with Crippen LogP contribution < -0.4 is 4.74 Å². The summed E-state index contributed by atoms with van der Waals surface area (Å²) in [5, 5.41) is 25.6. The van der Waals surface area contributed by atoms with Crippen molar-refractivity contribution in [2.75, 3.05) is 6.54 Å². The topological polar surface area (TPSA) is 87.8 Å². The van der Waals surface area contributed by atoms with Gasteiger partial charge in [0.2, 0.25) is 5.91 Å². The van der Waals surface area contributed by atoms with Crippen molar-refractivity contribution in [2.45, 2.75) is 43.2 Å². The number of alkyl halides is 3. The van der Waals surface area contributed by atoms with Gasteiger partial charge < -0.3 is 19.8 Å². The number of benzene rings is 2. The second kappa shape index (κ2) is 7.69. The molecule has 2 N–H and O–H groups in total. The van der Waals surface area contributed by atoms with E-state index in [4.69, 9.17) is 4.74 Å². The number of halogens is 3. The Morgan fingerprint density at radius 3 is 2.49 bits per heavy atom. The van der Waals surface area contributed by atoms with Gasteiger partial charge in [-0.15, -0.1) is 0 Å². The zero-order valence-corrected chi connectivity index (χ0v) is 18.8. The molecule has 6 atom stereocenters. The summed E-state index contributed by atoms with van der Waals surface area (Å²) >= 11 is 0. The van der Waals surface area contributed by atoms with E-state index in [1.807, 2.05) is 6.20 Å². The maximum Gasteiger partial charge on any atom is 0.416 e. The second-order valence-electron chi connectivity index (χ2n) is 9.86.